The number of nitrogens with zero attached hydrogens (tertiary/aromatic N) is 1. The maximum atomic E-state index is 2.85. The van der Waals surface area contributed by atoms with Crippen LogP contribution in [-0.4, -0.2) is 24.5 Å². The van der Waals surface area contributed by atoms with Gasteiger partial charge in [0.05, 0.1) is 0 Å². The van der Waals surface area contributed by atoms with Crippen molar-refractivity contribution in [2.24, 2.45) is 0 Å². The lowest BCUT2D eigenvalue weighted by molar-refractivity contribution is 0.254. The molecule has 0 fully saturated rings. The molecule has 1 heteroatoms. The van der Waals surface area contributed by atoms with Crippen LogP contribution in [0.3, 0.4) is 0 Å². The Hall–Kier alpha value is -0.0400. The second-order valence-corrected chi connectivity index (χ2v) is 13.4. The predicted molar refractivity (Wildman–Crippen MR) is 186 cm³/mol. The zero-order chi connectivity index (χ0) is 29.0. The SMILES string of the molecule is CCCCCCCCCCCCCCCN(CCCCCCCCC)CCCCCCCCCCCCCCC. The molecule has 0 atom stereocenters. The van der Waals surface area contributed by atoms with Crippen LogP contribution in [0.2, 0.25) is 0 Å². The van der Waals surface area contributed by atoms with Crippen molar-refractivity contribution in [1.82, 2.24) is 4.90 Å². The zero-order valence-electron chi connectivity index (χ0n) is 28.9. The highest BCUT2D eigenvalue weighted by atomic mass is 15.1. The van der Waals surface area contributed by atoms with E-state index in [2.05, 4.69) is 25.7 Å². The Kier molecular flexibility index (Phi) is 36.9. The largest absolute Gasteiger partial charge is 0.303 e. The van der Waals surface area contributed by atoms with E-state index in [1.165, 1.54) is 232 Å². The minimum absolute atomic E-state index is 1.37. The Morgan fingerprint density at radius 2 is 0.350 bits per heavy atom. The molecule has 40 heavy (non-hydrogen) atoms. The van der Waals surface area contributed by atoms with E-state index in [9.17, 15) is 0 Å². The second kappa shape index (κ2) is 37.0. The van der Waals surface area contributed by atoms with Crippen molar-refractivity contribution in [1.29, 1.82) is 0 Å². The lowest BCUT2D eigenvalue weighted by Gasteiger charge is -2.22. The molecule has 0 aromatic heterocycles. The third kappa shape index (κ3) is 34.2. The van der Waals surface area contributed by atoms with Gasteiger partial charge in [0.2, 0.25) is 0 Å². The molecular formula is C39H81N. The van der Waals surface area contributed by atoms with Gasteiger partial charge in [0.25, 0.3) is 0 Å². The number of hydrogen-bond donors (Lipinski definition) is 0. The van der Waals surface area contributed by atoms with Gasteiger partial charge in [-0.05, 0) is 38.9 Å². The molecule has 0 spiro atoms. The molecule has 0 aliphatic carbocycles. The molecule has 0 bridgehead atoms. The first-order valence-electron chi connectivity index (χ1n) is 19.6. The topological polar surface area (TPSA) is 3.24 Å². The van der Waals surface area contributed by atoms with Gasteiger partial charge in [0, 0.05) is 0 Å². The van der Waals surface area contributed by atoms with Crippen molar-refractivity contribution in [3.63, 3.8) is 0 Å². The highest BCUT2D eigenvalue weighted by molar-refractivity contribution is 4.61. The molecule has 0 radical (unpaired) electrons. The highest BCUT2D eigenvalue weighted by Crippen LogP contribution is 2.15. The monoisotopic (exact) mass is 564 g/mol. The van der Waals surface area contributed by atoms with Gasteiger partial charge in [0.15, 0.2) is 0 Å². The predicted octanol–water partition coefficient (Wildman–Crippen LogP) is 14.2. The van der Waals surface area contributed by atoms with Crippen LogP contribution >= 0.6 is 0 Å². The number of unbranched alkanes of at least 4 members (excludes halogenated alkanes) is 30. The van der Waals surface area contributed by atoms with Crippen LogP contribution in [0.1, 0.15) is 233 Å². The van der Waals surface area contributed by atoms with E-state index in [-0.39, 0.29) is 0 Å². The van der Waals surface area contributed by atoms with E-state index in [0.29, 0.717) is 0 Å². The van der Waals surface area contributed by atoms with Crippen molar-refractivity contribution in [3.8, 4) is 0 Å². The molecule has 0 amide bonds. The minimum Gasteiger partial charge on any atom is -0.303 e. The summed E-state index contributed by atoms with van der Waals surface area (Å²) in [5.74, 6) is 0. The molecular weight excluding hydrogens is 482 g/mol. The van der Waals surface area contributed by atoms with Gasteiger partial charge in [-0.1, -0.05) is 213 Å². The quantitative estimate of drug-likeness (QED) is 0.0685. The molecule has 0 unspecified atom stereocenters. The average molecular weight is 564 g/mol. The van der Waals surface area contributed by atoms with E-state index in [1.807, 2.05) is 0 Å². The third-order valence-electron chi connectivity index (χ3n) is 9.23. The molecule has 0 aromatic rings. The Morgan fingerprint density at radius 1 is 0.200 bits per heavy atom. The Labute approximate surface area is 256 Å². The fraction of sp³-hybridized carbons (Fsp3) is 1.00. The van der Waals surface area contributed by atoms with Gasteiger partial charge >= 0.3 is 0 Å². The first-order valence-corrected chi connectivity index (χ1v) is 19.6. The summed E-state index contributed by atoms with van der Waals surface area (Å²) in [5, 5.41) is 0. The summed E-state index contributed by atoms with van der Waals surface area (Å²) in [6.07, 6.45) is 48.1. The molecule has 0 heterocycles. The van der Waals surface area contributed by atoms with Crippen molar-refractivity contribution in [2.75, 3.05) is 19.6 Å². The van der Waals surface area contributed by atoms with E-state index >= 15 is 0 Å². The average Bonchev–Trinajstić information content (AvgIpc) is 2.97. The fourth-order valence-electron chi connectivity index (χ4n) is 6.33. The number of rotatable bonds is 36. The first kappa shape index (κ1) is 40.0. The lowest BCUT2D eigenvalue weighted by atomic mass is 10.0. The summed E-state index contributed by atoms with van der Waals surface area (Å²) in [4.78, 5) is 2.85. The fourth-order valence-corrected chi connectivity index (χ4v) is 6.33. The number of hydrogen-bond acceptors (Lipinski definition) is 1. The highest BCUT2D eigenvalue weighted by Gasteiger charge is 2.05. The molecule has 1 nitrogen and oxygen atoms in total. The zero-order valence-corrected chi connectivity index (χ0v) is 28.9. The molecule has 0 saturated carbocycles. The first-order chi connectivity index (χ1) is 19.8. The van der Waals surface area contributed by atoms with Crippen LogP contribution in [0.4, 0.5) is 0 Å². The molecule has 0 aromatic carbocycles. The Morgan fingerprint density at radius 3 is 0.525 bits per heavy atom. The second-order valence-electron chi connectivity index (χ2n) is 13.4. The molecule has 242 valence electrons. The summed E-state index contributed by atoms with van der Waals surface area (Å²) in [6, 6.07) is 0. The van der Waals surface area contributed by atoms with Crippen LogP contribution in [0.25, 0.3) is 0 Å². The van der Waals surface area contributed by atoms with Crippen LogP contribution in [0.5, 0.6) is 0 Å². The van der Waals surface area contributed by atoms with Crippen LogP contribution < -0.4 is 0 Å². The normalized spacial score (nSPS) is 11.7. The lowest BCUT2D eigenvalue weighted by Crippen LogP contribution is -2.27. The maximum Gasteiger partial charge on any atom is -0.00187 e. The smallest absolute Gasteiger partial charge is 0.00187 e. The van der Waals surface area contributed by atoms with Gasteiger partial charge < -0.3 is 4.90 Å². The maximum absolute atomic E-state index is 2.85. The van der Waals surface area contributed by atoms with Crippen LogP contribution in [-0.2, 0) is 0 Å². The van der Waals surface area contributed by atoms with Crippen LogP contribution in [0.15, 0.2) is 0 Å². The van der Waals surface area contributed by atoms with Crippen molar-refractivity contribution >= 4 is 0 Å². The van der Waals surface area contributed by atoms with Gasteiger partial charge in [-0.25, -0.2) is 0 Å². The van der Waals surface area contributed by atoms with E-state index < -0.39 is 0 Å². The van der Waals surface area contributed by atoms with Gasteiger partial charge in [0.1, 0.15) is 0 Å². The Balaban J connectivity index is 3.80. The summed E-state index contributed by atoms with van der Waals surface area (Å²) in [5.41, 5.74) is 0. The standard InChI is InChI=1S/C39H81N/c1-4-7-10-13-16-18-20-22-24-26-29-32-35-38-40(37-34-31-28-15-12-9-6-3)39-36-33-30-27-25-23-21-19-17-14-11-8-5-2/h4-39H2,1-3H3. The van der Waals surface area contributed by atoms with Gasteiger partial charge in [-0.15, -0.1) is 0 Å². The van der Waals surface area contributed by atoms with Crippen molar-refractivity contribution < 1.29 is 0 Å². The van der Waals surface area contributed by atoms with Crippen molar-refractivity contribution in [2.45, 2.75) is 233 Å². The van der Waals surface area contributed by atoms with Crippen molar-refractivity contribution in [3.05, 3.63) is 0 Å². The summed E-state index contributed by atoms with van der Waals surface area (Å²) >= 11 is 0. The summed E-state index contributed by atoms with van der Waals surface area (Å²) < 4.78 is 0. The minimum atomic E-state index is 1.37. The summed E-state index contributed by atoms with van der Waals surface area (Å²) in [7, 11) is 0. The molecule has 0 aliphatic heterocycles. The molecule has 0 aliphatic rings. The van der Waals surface area contributed by atoms with Gasteiger partial charge in [-0.3, -0.25) is 0 Å². The summed E-state index contributed by atoms with van der Waals surface area (Å²) in [6.45, 7) is 11.1. The van der Waals surface area contributed by atoms with Gasteiger partial charge in [-0.2, -0.15) is 0 Å². The van der Waals surface area contributed by atoms with E-state index in [1.54, 1.807) is 0 Å². The van der Waals surface area contributed by atoms with E-state index in [4.69, 9.17) is 0 Å². The third-order valence-corrected chi connectivity index (χ3v) is 9.23. The molecule has 0 saturated heterocycles. The molecule has 0 rings (SSSR count). The van der Waals surface area contributed by atoms with Crippen LogP contribution in [0, 0.1) is 0 Å². The van der Waals surface area contributed by atoms with E-state index in [0.717, 1.165) is 0 Å². The molecule has 0 N–H and O–H groups in total. The Bertz CT molecular complexity index is 389.